The van der Waals surface area contributed by atoms with Gasteiger partial charge < -0.3 is 45.6 Å². The van der Waals surface area contributed by atoms with Crippen LogP contribution in [-0.4, -0.2) is 116 Å². The summed E-state index contributed by atoms with van der Waals surface area (Å²) in [6.07, 6.45) is 6.36. The Morgan fingerprint density at radius 1 is 0.941 bits per heavy atom. The number of nitrogens with one attached hydrogen (secondary N) is 3. The van der Waals surface area contributed by atoms with Crippen molar-refractivity contribution in [1.82, 2.24) is 21.0 Å². The predicted octanol–water partition coefficient (Wildman–Crippen LogP) is 1.72. The van der Waals surface area contributed by atoms with Gasteiger partial charge in [0.1, 0.15) is 12.6 Å². The molecule has 1 aromatic rings. The number of benzene rings is 1. The van der Waals surface area contributed by atoms with Gasteiger partial charge >= 0.3 is 11.9 Å². The highest BCUT2D eigenvalue weighted by atomic mass is 16.7. The average molecular weight is 943 g/mol. The Labute approximate surface area is 391 Å². The molecule has 8 fully saturated rings. The van der Waals surface area contributed by atoms with Gasteiger partial charge in [-0.3, -0.25) is 38.4 Å². The van der Waals surface area contributed by atoms with E-state index < -0.39 is 126 Å². The number of rotatable bonds is 17. The SMILES string of the molecule is C[C@]12C=CC(=O)C=C1CC[C@@H]1[C@@H]2[C@@H](O)C[C@@]2(C)[C@H]1C[C@H]1O[C@@H](c3ccc(CC45CC(NC(=O)[C@H](CCC(=O)O)NC(=O)CNC(=O)CCC(=O)ON6C(=O)CCC6=O)(C4)C5)cc3)O[C@]12C(=O)CO. The standard InChI is InChI=1S/C49H58N4O15/c1-45-16-15-29(55)17-28(45)7-8-30-31-18-35-49(34(57)22-54,46(31,2)20-33(56)42(30)45)67-44(66-35)27-5-3-26(4-6-27)19-47-23-48(24-47,25-47)52-43(65)32(9-13-40(62)63)51-37(59)21-50-36(58)10-14-41(64)68-53-38(60)11-12-39(53)61/h3-6,15-17,30-33,35,42,44,54,56H,7-14,18-25H2,1-2H3,(H,50,58)(H,51,59)(H,52,65)(H,62,63)/t30-,31-,32-,33-,35+,42+,44+,45-,46-,47?,48?,49+/m0/s1. The van der Waals surface area contributed by atoms with Crippen LogP contribution < -0.4 is 16.0 Å². The number of aliphatic hydroxyl groups is 2. The van der Waals surface area contributed by atoms with E-state index in [0.717, 1.165) is 30.4 Å². The number of fused-ring (bicyclic) bond motifs is 7. The molecule has 10 rings (SSSR count). The van der Waals surface area contributed by atoms with Crippen LogP contribution in [-0.2, 0) is 63.9 Å². The summed E-state index contributed by atoms with van der Waals surface area (Å²) in [5.41, 5.74) is -0.550. The second-order valence-electron chi connectivity index (χ2n) is 20.9. The number of hydrogen-bond donors (Lipinski definition) is 6. The zero-order chi connectivity index (χ0) is 48.6. The topological polar surface area (TPSA) is 281 Å². The van der Waals surface area contributed by atoms with Crippen LogP contribution in [0.3, 0.4) is 0 Å². The third-order valence-electron chi connectivity index (χ3n) is 16.7. The molecule has 2 saturated heterocycles. The van der Waals surface area contributed by atoms with E-state index in [4.69, 9.17) is 14.3 Å². The first-order valence-corrected chi connectivity index (χ1v) is 23.6. The van der Waals surface area contributed by atoms with Gasteiger partial charge in [0, 0.05) is 53.5 Å². The van der Waals surface area contributed by atoms with E-state index in [-0.39, 0.29) is 54.6 Å². The molecule has 5 amide bonds. The van der Waals surface area contributed by atoms with E-state index in [2.05, 4.69) is 22.9 Å². The van der Waals surface area contributed by atoms with Gasteiger partial charge in [-0.05, 0) is 92.8 Å². The van der Waals surface area contributed by atoms with Gasteiger partial charge in [-0.2, -0.15) is 0 Å². The molecule has 19 heteroatoms. The first kappa shape index (κ1) is 47.4. The van der Waals surface area contributed by atoms with Crippen LogP contribution in [0.5, 0.6) is 0 Å². The van der Waals surface area contributed by atoms with Crippen LogP contribution in [0.4, 0.5) is 0 Å². The first-order valence-electron chi connectivity index (χ1n) is 23.6. The second-order valence-corrected chi connectivity index (χ2v) is 20.9. The molecule has 68 heavy (non-hydrogen) atoms. The normalized spacial score (nSPS) is 36.4. The summed E-state index contributed by atoms with van der Waals surface area (Å²) in [5.74, 6) is -6.10. The van der Waals surface area contributed by atoms with Gasteiger partial charge in [-0.1, -0.05) is 49.8 Å². The maximum absolute atomic E-state index is 14.0. The van der Waals surface area contributed by atoms with E-state index >= 15 is 0 Å². The highest BCUT2D eigenvalue weighted by molar-refractivity contribution is 6.02. The van der Waals surface area contributed by atoms with E-state index in [9.17, 15) is 58.5 Å². The van der Waals surface area contributed by atoms with Crippen molar-refractivity contribution in [3.8, 4) is 0 Å². The molecule has 0 radical (unpaired) electrons. The van der Waals surface area contributed by atoms with E-state index in [1.165, 1.54) is 0 Å². The van der Waals surface area contributed by atoms with Crippen LogP contribution in [0, 0.1) is 34.0 Å². The highest BCUT2D eigenvalue weighted by Gasteiger charge is 2.76. The average Bonchev–Trinajstić information content (AvgIpc) is 3.90. The number of carbonyl (C=O) groups is 9. The molecule has 6 N–H and O–H groups in total. The summed E-state index contributed by atoms with van der Waals surface area (Å²) < 4.78 is 13.4. The number of ether oxygens (including phenoxy) is 2. The molecule has 2 heterocycles. The van der Waals surface area contributed by atoms with Gasteiger partial charge in [0.25, 0.3) is 11.8 Å². The lowest BCUT2D eigenvalue weighted by Crippen LogP contribution is -2.76. The number of aliphatic carboxylic acids is 1. The van der Waals surface area contributed by atoms with Crippen LogP contribution in [0.15, 0.2) is 48.1 Å². The Morgan fingerprint density at radius 3 is 2.32 bits per heavy atom. The first-order chi connectivity index (χ1) is 32.2. The molecule has 0 aromatic heterocycles. The molecule has 1 aromatic carbocycles. The summed E-state index contributed by atoms with van der Waals surface area (Å²) >= 11 is 0. The Morgan fingerprint density at radius 2 is 1.65 bits per heavy atom. The zero-order valence-corrected chi connectivity index (χ0v) is 38.1. The summed E-state index contributed by atoms with van der Waals surface area (Å²) in [6, 6.07) is 6.60. The Bertz CT molecular complexity index is 2380. The van der Waals surface area contributed by atoms with E-state index in [1.54, 1.807) is 12.2 Å². The van der Waals surface area contributed by atoms with Crippen molar-refractivity contribution in [3.63, 3.8) is 0 Å². The van der Waals surface area contributed by atoms with Crippen molar-refractivity contribution in [2.75, 3.05) is 13.2 Å². The number of carbonyl (C=O) groups excluding carboxylic acids is 8. The number of imide groups is 1. The monoisotopic (exact) mass is 942 g/mol. The van der Waals surface area contributed by atoms with Crippen LogP contribution >= 0.6 is 0 Å². The number of allylic oxidation sites excluding steroid dienone is 4. The fraction of sp³-hybridized carbons (Fsp3) is 0.612. The molecule has 19 nitrogen and oxygen atoms in total. The smallest absolute Gasteiger partial charge is 0.333 e. The number of amides is 5. The molecule has 0 unspecified atom stereocenters. The molecule has 364 valence electrons. The summed E-state index contributed by atoms with van der Waals surface area (Å²) in [7, 11) is 0. The van der Waals surface area contributed by atoms with Crippen molar-refractivity contribution < 1.29 is 72.8 Å². The van der Waals surface area contributed by atoms with Gasteiger partial charge in [0.15, 0.2) is 23.5 Å². The van der Waals surface area contributed by atoms with E-state index in [0.29, 0.717) is 36.3 Å². The van der Waals surface area contributed by atoms with Crippen molar-refractivity contribution >= 4 is 53.0 Å². The third kappa shape index (κ3) is 8.07. The van der Waals surface area contributed by atoms with Gasteiger partial charge in [-0.15, -0.1) is 5.06 Å². The van der Waals surface area contributed by atoms with E-state index in [1.807, 2.05) is 37.3 Å². The third-order valence-corrected chi connectivity index (χ3v) is 16.7. The summed E-state index contributed by atoms with van der Waals surface area (Å²) in [5, 5.41) is 39.9. The van der Waals surface area contributed by atoms with Crippen molar-refractivity contribution in [1.29, 1.82) is 0 Å². The lowest BCUT2D eigenvalue weighted by molar-refractivity contribution is -0.201. The zero-order valence-electron chi connectivity index (χ0n) is 38.1. The fourth-order valence-corrected chi connectivity index (χ4v) is 13.8. The van der Waals surface area contributed by atoms with Crippen molar-refractivity contribution in [3.05, 3.63) is 59.2 Å². The molecule has 9 aliphatic rings. The summed E-state index contributed by atoms with van der Waals surface area (Å²) in [6.45, 7) is 2.81. The predicted molar refractivity (Wildman–Crippen MR) is 232 cm³/mol. The largest absolute Gasteiger partial charge is 0.481 e. The van der Waals surface area contributed by atoms with Crippen LogP contribution in [0.25, 0.3) is 0 Å². The maximum atomic E-state index is 14.0. The van der Waals surface area contributed by atoms with Crippen LogP contribution in [0.1, 0.15) is 115 Å². The molecule has 6 saturated carbocycles. The van der Waals surface area contributed by atoms with Gasteiger partial charge in [0.05, 0.1) is 25.2 Å². The van der Waals surface area contributed by atoms with Gasteiger partial charge in [-0.25, -0.2) is 4.79 Å². The highest BCUT2D eigenvalue weighted by Crippen LogP contribution is 2.71. The maximum Gasteiger partial charge on any atom is 0.333 e. The van der Waals surface area contributed by atoms with Crippen molar-refractivity contribution in [2.24, 2.45) is 34.0 Å². The molecular weight excluding hydrogens is 885 g/mol. The lowest BCUT2D eigenvalue weighted by atomic mass is 9.38. The molecular formula is C49H58N4O15. The van der Waals surface area contributed by atoms with Crippen molar-refractivity contribution in [2.45, 2.75) is 139 Å². The molecule has 10 atom stereocenters. The molecule has 7 aliphatic carbocycles. The fourth-order valence-electron chi connectivity index (χ4n) is 13.8. The van der Waals surface area contributed by atoms with Gasteiger partial charge in [0.2, 0.25) is 17.7 Å². The quantitative estimate of drug-likeness (QED) is 0.121. The molecule has 0 spiro atoms. The lowest BCUT2D eigenvalue weighted by Gasteiger charge is -2.71. The number of carboxylic acid groups (broad SMARTS) is 1. The minimum atomic E-state index is -1.46. The second kappa shape index (κ2) is 17.4. The number of carboxylic acids is 1. The number of aliphatic hydroxyl groups excluding tert-OH is 2. The number of nitrogens with zero attached hydrogens (tertiary/aromatic N) is 1. The summed E-state index contributed by atoms with van der Waals surface area (Å²) in [4.78, 5) is 116. The van der Waals surface area contributed by atoms with Crippen LogP contribution in [0.2, 0.25) is 0 Å². The Hall–Kier alpha value is -5.63. The number of hydrogen-bond acceptors (Lipinski definition) is 14. The Balaban J connectivity index is 0.768. The molecule has 2 aliphatic heterocycles. The molecule has 2 bridgehead atoms. The Kier molecular flexibility index (Phi) is 12.1. The number of Topliss-reactive ketones (excluding diaryl/α,β-unsaturated/α-hetero) is 1. The number of ketones is 2. The minimum Gasteiger partial charge on any atom is -0.481 e. The number of hydroxylamine groups is 2. The minimum absolute atomic E-state index is 0.0249.